The molecule has 0 fully saturated rings. The molecule has 0 saturated heterocycles. The molecule has 0 heterocycles. The monoisotopic (exact) mass is 256 g/mol. The molecule has 0 bridgehead atoms. The average Bonchev–Trinajstić information content (AvgIpc) is 2.11. The molecule has 0 aromatic heterocycles. The van der Waals surface area contributed by atoms with Gasteiger partial charge in [0.25, 0.3) is 0 Å². The smallest absolute Gasteiger partial charge is 0.0465 e. The van der Waals surface area contributed by atoms with E-state index in [-0.39, 0.29) is 0 Å². The van der Waals surface area contributed by atoms with Crippen LogP contribution in [0.3, 0.4) is 0 Å². The van der Waals surface area contributed by atoms with Crippen LogP contribution in [0.2, 0.25) is 0 Å². The highest BCUT2D eigenvalue weighted by atomic mass is 32.2. The molecule has 0 saturated carbocycles. The Morgan fingerprint density at radius 2 is 1.12 bits per heavy atom. The first-order valence-corrected chi connectivity index (χ1v) is 7.18. The Kier molecular flexibility index (Phi) is 4.87. The maximum atomic E-state index is 6.02. The molecule has 90 valence electrons. The number of hydrogen-bond acceptors (Lipinski definition) is 4. The highest BCUT2D eigenvalue weighted by Crippen LogP contribution is 2.37. The van der Waals surface area contributed by atoms with Gasteiger partial charge in [0.05, 0.1) is 0 Å². The van der Waals surface area contributed by atoms with Crippen LogP contribution in [-0.2, 0) is 0 Å². The fourth-order valence-electron chi connectivity index (χ4n) is 1.30. The summed E-state index contributed by atoms with van der Waals surface area (Å²) in [7, 11) is 0. The van der Waals surface area contributed by atoms with Gasteiger partial charge in [-0.3, -0.25) is 0 Å². The number of anilines is 2. The van der Waals surface area contributed by atoms with Crippen LogP contribution < -0.4 is 11.5 Å². The molecular weight excluding hydrogens is 236 g/mol. The van der Waals surface area contributed by atoms with E-state index in [0.29, 0.717) is 10.5 Å². The van der Waals surface area contributed by atoms with Crippen molar-refractivity contribution in [2.75, 3.05) is 11.5 Å². The first-order chi connectivity index (χ1) is 7.40. The summed E-state index contributed by atoms with van der Waals surface area (Å²) >= 11 is 3.51. The third-order valence-electron chi connectivity index (χ3n) is 1.87. The highest BCUT2D eigenvalue weighted by Gasteiger charge is 2.09. The van der Waals surface area contributed by atoms with Crippen molar-refractivity contribution in [2.45, 2.75) is 48.0 Å². The Morgan fingerprint density at radius 1 is 0.812 bits per heavy atom. The van der Waals surface area contributed by atoms with Gasteiger partial charge >= 0.3 is 0 Å². The molecule has 2 nitrogen and oxygen atoms in total. The van der Waals surface area contributed by atoms with E-state index in [9.17, 15) is 0 Å². The molecule has 16 heavy (non-hydrogen) atoms. The fraction of sp³-hybridized carbons (Fsp3) is 0.500. The van der Waals surface area contributed by atoms with E-state index in [1.807, 2.05) is 12.1 Å². The molecule has 0 radical (unpaired) electrons. The van der Waals surface area contributed by atoms with Crippen LogP contribution in [0.25, 0.3) is 0 Å². The van der Waals surface area contributed by atoms with Gasteiger partial charge in [-0.2, -0.15) is 0 Å². The Balaban J connectivity index is 2.97. The van der Waals surface area contributed by atoms with E-state index in [1.54, 1.807) is 23.5 Å². The van der Waals surface area contributed by atoms with Crippen molar-refractivity contribution in [1.29, 1.82) is 0 Å². The molecule has 0 atom stereocenters. The summed E-state index contributed by atoms with van der Waals surface area (Å²) < 4.78 is 0. The van der Waals surface area contributed by atoms with Gasteiger partial charge in [-0.1, -0.05) is 27.7 Å². The SMILES string of the molecule is CC(C)Sc1cc(N)c(SC(C)C)cc1N. The van der Waals surface area contributed by atoms with Gasteiger partial charge in [-0.15, -0.1) is 23.5 Å². The number of rotatable bonds is 4. The summed E-state index contributed by atoms with van der Waals surface area (Å²) in [6.07, 6.45) is 0. The average molecular weight is 256 g/mol. The van der Waals surface area contributed by atoms with Gasteiger partial charge < -0.3 is 11.5 Å². The predicted octanol–water partition coefficient (Wildman–Crippen LogP) is 3.85. The zero-order valence-corrected chi connectivity index (χ0v) is 11.9. The van der Waals surface area contributed by atoms with Gasteiger partial charge in [0.2, 0.25) is 0 Å². The lowest BCUT2D eigenvalue weighted by Gasteiger charge is -2.13. The largest absolute Gasteiger partial charge is 0.398 e. The van der Waals surface area contributed by atoms with E-state index in [4.69, 9.17) is 11.5 Å². The zero-order valence-electron chi connectivity index (χ0n) is 10.3. The number of thioether (sulfide) groups is 2. The minimum atomic E-state index is 0.519. The summed E-state index contributed by atoms with van der Waals surface area (Å²) in [5, 5.41) is 1.04. The second-order valence-electron chi connectivity index (χ2n) is 4.26. The molecule has 1 aromatic carbocycles. The molecule has 4 heteroatoms. The first-order valence-electron chi connectivity index (χ1n) is 5.42. The summed E-state index contributed by atoms with van der Waals surface area (Å²) in [5.74, 6) is 0. The van der Waals surface area contributed by atoms with Gasteiger partial charge in [-0.05, 0) is 12.1 Å². The van der Waals surface area contributed by atoms with Gasteiger partial charge in [0.1, 0.15) is 0 Å². The molecule has 0 aliphatic heterocycles. The molecule has 1 aromatic rings. The van der Waals surface area contributed by atoms with Crippen LogP contribution in [0.4, 0.5) is 11.4 Å². The van der Waals surface area contributed by atoms with Crippen molar-refractivity contribution in [3.05, 3.63) is 12.1 Å². The summed E-state index contributed by atoms with van der Waals surface area (Å²) in [6.45, 7) is 8.60. The lowest BCUT2D eigenvalue weighted by atomic mass is 10.3. The van der Waals surface area contributed by atoms with Crippen molar-refractivity contribution in [1.82, 2.24) is 0 Å². The Bertz CT molecular complexity index is 327. The Labute approximate surface area is 107 Å². The standard InChI is InChI=1S/C12H20N2S2/c1-7(2)15-11-5-10(14)12(6-9(11)13)16-8(3)4/h5-8H,13-14H2,1-4H3. The Hall–Kier alpha value is -0.480. The van der Waals surface area contributed by atoms with Gasteiger partial charge in [0.15, 0.2) is 0 Å². The van der Waals surface area contributed by atoms with E-state index >= 15 is 0 Å². The van der Waals surface area contributed by atoms with Crippen LogP contribution >= 0.6 is 23.5 Å². The summed E-state index contributed by atoms with van der Waals surface area (Å²) in [4.78, 5) is 2.17. The summed E-state index contributed by atoms with van der Waals surface area (Å²) in [6, 6.07) is 3.98. The van der Waals surface area contributed by atoms with E-state index < -0.39 is 0 Å². The fourth-order valence-corrected chi connectivity index (χ4v) is 3.10. The maximum absolute atomic E-state index is 6.02. The van der Waals surface area contributed by atoms with Crippen LogP contribution in [0, 0.1) is 0 Å². The highest BCUT2D eigenvalue weighted by molar-refractivity contribution is 8.00. The molecular formula is C12H20N2S2. The van der Waals surface area contributed by atoms with Crippen LogP contribution in [0.5, 0.6) is 0 Å². The van der Waals surface area contributed by atoms with E-state index in [1.165, 1.54) is 0 Å². The lowest BCUT2D eigenvalue weighted by molar-refractivity contribution is 1.10. The second kappa shape index (κ2) is 5.73. The number of nitrogens with two attached hydrogens (primary N) is 2. The molecule has 1 rings (SSSR count). The van der Waals surface area contributed by atoms with Crippen molar-refractivity contribution in [2.24, 2.45) is 0 Å². The third kappa shape index (κ3) is 3.83. The van der Waals surface area contributed by atoms with Crippen LogP contribution in [0.15, 0.2) is 21.9 Å². The molecule has 0 amide bonds. The zero-order chi connectivity index (χ0) is 12.3. The normalized spacial score (nSPS) is 11.4. The van der Waals surface area contributed by atoms with E-state index in [0.717, 1.165) is 21.2 Å². The third-order valence-corrected chi connectivity index (χ3v) is 4.03. The first kappa shape index (κ1) is 13.6. The summed E-state index contributed by atoms with van der Waals surface area (Å²) in [5.41, 5.74) is 13.7. The molecule has 0 aliphatic carbocycles. The van der Waals surface area contributed by atoms with Crippen LogP contribution in [-0.4, -0.2) is 10.5 Å². The minimum absolute atomic E-state index is 0.519. The Morgan fingerprint density at radius 3 is 1.38 bits per heavy atom. The number of nitrogen functional groups attached to an aromatic ring is 2. The molecule has 0 spiro atoms. The number of benzene rings is 1. The van der Waals surface area contributed by atoms with Crippen molar-refractivity contribution < 1.29 is 0 Å². The van der Waals surface area contributed by atoms with Gasteiger partial charge in [-0.25, -0.2) is 0 Å². The molecule has 4 N–H and O–H groups in total. The van der Waals surface area contributed by atoms with Crippen molar-refractivity contribution in [3.63, 3.8) is 0 Å². The maximum Gasteiger partial charge on any atom is 0.0465 e. The molecule has 0 unspecified atom stereocenters. The quantitative estimate of drug-likeness (QED) is 0.634. The van der Waals surface area contributed by atoms with Crippen LogP contribution in [0.1, 0.15) is 27.7 Å². The predicted molar refractivity (Wildman–Crippen MR) is 77.3 cm³/mol. The van der Waals surface area contributed by atoms with Gasteiger partial charge in [0, 0.05) is 31.7 Å². The topological polar surface area (TPSA) is 52.0 Å². The van der Waals surface area contributed by atoms with Crippen molar-refractivity contribution in [3.8, 4) is 0 Å². The second-order valence-corrected chi connectivity index (χ2v) is 7.50. The lowest BCUT2D eigenvalue weighted by Crippen LogP contribution is -1.98. The van der Waals surface area contributed by atoms with E-state index in [2.05, 4.69) is 27.7 Å². The van der Waals surface area contributed by atoms with Crippen molar-refractivity contribution >= 4 is 34.9 Å². The number of hydrogen-bond donors (Lipinski definition) is 2. The minimum Gasteiger partial charge on any atom is -0.398 e. The molecule has 0 aliphatic rings.